The predicted molar refractivity (Wildman–Crippen MR) is 94.7 cm³/mol. The summed E-state index contributed by atoms with van der Waals surface area (Å²) in [7, 11) is 1.60. The van der Waals surface area contributed by atoms with E-state index in [1.807, 2.05) is 45.9 Å². The molecule has 1 aromatic carbocycles. The highest BCUT2D eigenvalue weighted by Gasteiger charge is 2.12. The van der Waals surface area contributed by atoms with Gasteiger partial charge in [-0.2, -0.15) is 5.10 Å². The maximum atomic E-state index is 12.3. The second-order valence-corrected chi connectivity index (χ2v) is 6.05. The zero-order valence-corrected chi connectivity index (χ0v) is 14.8. The fourth-order valence-electron chi connectivity index (χ4n) is 2.20. The van der Waals surface area contributed by atoms with Gasteiger partial charge in [0.25, 0.3) is 0 Å². The molecule has 5 heteroatoms. The summed E-state index contributed by atoms with van der Waals surface area (Å²) in [5.74, 6) is 1.18. The number of aromatic nitrogens is 2. The van der Waals surface area contributed by atoms with E-state index in [0.29, 0.717) is 17.1 Å². The molecule has 5 nitrogen and oxygen atoms in total. The van der Waals surface area contributed by atoms with Gasteiger partial charge in [0, 0.05) is 17.8 Å². The molecule has 0 fully saturated rings. The largest absolute Gasteiger partial charge is 0.493 e. The fourth-order valence-corrected chi connectivity index (χ4v) is 2.20. The number of allylic oxidation sites excluding steroid dienone is 1. The Morgan fingerprint density at radius 3 is 2.58 bits per heavy atom. The summed E-state index contributed by atoms with van der Waals surface area (Å²) in [6, 6.07) is 5.82. The van der Waals surface area contributed by atoms with Crippen LogP contribution in [0.2, 0.25) is 0 Å². The Morgan fingerprint density at radius 2 is 2.00 bits per heavy atom. The van der Waals surface area contributed by atoms with Crippen LogP contribution in [-0.2, 0) is 0 Å². The van der Waals surface area contributed by atoms with Crippen LogP contribution in [0.4, 0.5) is 0 Å². The first-order chi connectivity index (χ1) is 11.4. The van der Waals surface area contributed by atoms with Crippen molar-refractivity contribution in [2.24, 2.45) is 0 Å². The standard InChI is InChI=1S/C19H24N2O3/c1-13(2)21-12-16(11-20-21)17(22)10-9-15-7-6-8-18(23-5)19(15)24-14(3)4/h6-14H,1-5H3/b10-9+. The quantitative estimate of drug-likeness (QED) is 0.566. The van der Waals surface area contributed by atoms with Gasteiger partial charge in [0.15, 0.2) is 17.3 Å². The van der Waals surface area contributed by atoms with Crippen molar-refractivity contribution in [2.45, 2.75) is 39.8 Å². The number of nitrogens with zero attached hydrogens (tertiary/aromatic N) is 2. The van der Waals surface area contributed by atoms with Crippen LogP contribution in [0.15, 0.2) is 36.7 Å². The molecule has 24 heavy (non-hydrogen) atoms. The molecule has 0 radical (unpaired) electrons. The molecule has 2 rings (SSSR count). The lowest BCUT2D eigenvalue weighted by Crippen LogP contribution is -2.08. The topological polar surface area (TPSA) is 53.3 Å². The van der Waals surface area contributed by atoms with Gasteiger partial charge in [0.1, 0.15) is 0 Å². The maximum absolute atomic E-state index is 12.3. The van der Waals surface area contributed by atoms with Crippen LogP contribution >= 0.6 is 0 Å². The summed E-state index contributed by atoms with van der Waals surface area (Å²) in [6.07, 6.45) is 6.63. The highest BCUT2D eigenvalue weighted by Crippen LogP contribution is 2.32. The van der Waals surface area contributed by atoms with E-state index < -0.39 is 0 Å². The Hall–Kier alpha value is -2.56. The third-order valence-electron chi connectivity index (χ3n) is 3.41. The Bertz CT molecular complexity index is 730. The molecule has 0 unspecified atom stereocenters. The van der Waals surface area contributed by atoms with Crippen LogP contribution in [-0.4, -0.2) is 28.8 Å². The molecule has 1 aromatic heterocycles. The third-order valence-corrected chi connectivity index (χ3v) is 3.41. The van der Waals surface area contributed by atoms with Gasteiger partial charge in [-0.1, -0.05) is 12.1 Å². The van der Waals surface area contributed by atoms with Crippen molar-refractivity contribution in [3.05, 3.63) is 47.8 Å². The lowest BCUT2D eigenvalue weighted by molar-refractivity contribution is 0.104. The van der Waals surface area contributed by atoms with Gasteiger partial charge in [-0.15, -0.1) is 0 Å². The number of ketones is 1. The Morgan fingerprint density at radius 1 is 1.25 bits per heavy atom. The SMILES string of the molecule is COc1cccc(/C=C/C(=O)c2cnn(C(C)C)c2)c1OC(C)C. The summed E-state index contributed by atoms with van der Waals surface area (Å²) >= 11 is 0. The molecular formula is C19H24N2O3. The van der Waals surface area contributed by atoms with Crippen molar-refractivity contribution in [3.63, 3.8) is 0 Å². The van der Waals surface area contributed by atoms with Gasteiger partial charge in [0.2, 0.25) is 0 Å². The van der Waals surface area contributed by atoms with E-state index >= 15 is 0 Å². The van der Waals surface area contributed by atoms with Gasteiger partial charge in [0.05, 0.1) is 25.0 Å². The molecule has 0 spiro atoms. The number of carbonyl (C=O) groups excluding carboxylic acids is 1. The molecule has 0 aliphatic carbocycles. The number of hydrogen-bond acceptors (Lipinski definition) is 4. The minimum absolute atomic E-state index is 0.00780. The van der Waals surface area contributed by atoms with Crippen LogP contribution in [0.25, 0.3) is 6.08 Å². The third kappa shape index (κ3) is 4.25. The normalized spacial score (nSPS) is 11.5. The molecule has 0 N–H and O–H groups in total. The van der Waals surface area contributed by atoms with E-state index in [2.05, 4.69) is 5.10 Å². The van der Waals surface area contributed by atoms with Crippen molar-refractivity contribution in [1.29, 1.82) is 0 Å². The van der Waals surface area contributed by atoms with Gasteiger partial charge in [-0.25, -0.2) is 0 Å². The molecule has 128 valence electrons. The first-order valence-corrected chi connectivity index (χ1v) is 8.02. The highest BCUT2D eigenvalue weighted by atomic mass is 16.5. The van der Waals surface area contributed by atoms with Crippen molar-refractivity contribution in [3.8, 4) is 11.5 Å². The van der Waals surface area contributed by atoms with E-state index in [4.69, 9.17) is 9.47 Å². The molecule has 0 aliphatic heterocycles. The van der Waals surface area contributed by atoms with Crippen LogP contribution in [0, 0.1) is 0 Å². The second-order valence-electron chi connectivity index (χ2n) is 6.05. The Labute approximate surface area is 142 Å². The number of carbonyl (C=O) groups is 1. The minimum Gasteiger partial charge on any atom is -0.493 e. The van der Waals surface area contributed by atoms with E-state index in [1.165, 1.54) is 6.08 Å². The van der Waals surface area contributed by atoms with Gasteiger partial charge in [-0.05, 0) is 45.9 Å². The van der Waals surface area contributed by atoms with E-state index in [0.717, 1.165) is 5.56 Å². The van der Waals surface area contributed by atoms with Gasteiger partial charge < -0.3 is 9.47 Å². The first kappa shape index (κ1) is 17.8. The summed E-state index contributed by atoms with van der Waals surface area (Å²) in [5, 5.41) is 4.19. The summed E-state index contributed by atoms with van der Waals surface area (Å²) in [6.45, 7) is 7.93. The lowest BCUT2D eigenvalue weighted by Gasteiger charge is -2.15. The fraction of sp³-hybridized carbons (Fsp3) is 0.368. The van der Waals surface area contributed by atoms with Crippen molar-refractivity contribution < 1.29 is 14.3 Å². The van der Waals surface area contributed by atoms with Crippen molar-refractivity contribution >= 4 is 11.9 Å². The highest BCUT2D eigenvalue weighted by molar-refractivity contribution is 6.06. The molecule has 1 heterocycles. The molecule has 0 amide bonds. The van der Waals surface area contributed by atoms with Gasteiger partial charge >= 0.3 is 0 Å². The van der Waals surface area contributed by atoms with Crippen LogP contribution in [0.5, 0.6) is 11.5 Å². The zero-order valence-electron chi connectivity index (χ0n) is 14.8. The second kappa shape index (κ2) is 7.81. The summed E-state index contributed by atoms with van der Waals surface area (Å²) in [5.41, 5.74) is 1.36. The number of rotatable bonds is 7. The molecule has 2 aromatic rings. The van der Waals surface area contributed by atoms with Crippen LogP contribution in [0.3, 0.4) is 0 Å². The summed E-state index contributed by atoms with van der Waals surface area (Å²) in [4.78, 5) is 12.3. The maximum Gasteiger partial charge on any atom is 0.189 e. The van der Waals surface area contributed by atoms with E-state index in [-0.39, 0.29) is 17.9 Å². The monoisotopic (exact) mass is 328 g/mol. The summed E-state index contributed by atoms with van der Waals surface area (Å²) < 4.78 is 13.0. The lowest BCUT2D eigenvalue weighted by atomic mass is 10.1. The zero-order chi connectivity index (χ0) is 17.7. The Balaban J connectivity index is 2.25. The average Bonchev–Trinajstić information content (AvgIpc) is 3.03. The number of ether oxygens (including phenoxy) is 2. The molecule has 0 aliphatic rings. The number of benzene rings is 1. The first-order valence-electron chi connectivity index (χ1n) is 8.02. The molecule has 0 saturated heterocycles. The van der Waals surface area contributed by atoms with E-state index in [1.54, 1.807) is 30.3 Å². The molecule has 0 saturated carbocycles. The number of para-hydroxylation sites is 1. The van der Waals surface area contributed by atoms with Gasteiger partial charge in [-0.3, -0.25) is 9.48 Å². The Kier molecular flexibility index (Phi) is 5.79. The van der Waals surface area contributed by atoms with Crippen LogP contribution < -0.4 is 9.47 Å². The van der Waals surface area contributed by atoms with Crippen molar-refractivity contribution in [1.82, 2.24) is 9.78 Å². The molecule has 0 atom stereocenters. The number of hydrogen-bond donors (Lipinski definition) is 0. The minimum atomic E-state index is -0.0970. The molecular weight excluding hydrogens is 304 g/mol. The number of methoxy groups -OCH3 is 1. The smallest absolute Gasteiger partial charge is 0.189 e. The molecule has 0 bridgehead atoms. The average molecular weight is 328 g/mol. The predicted octanol–water partition coefficient (Wildman–Crippen LogP) is 4.16. The van der Waals surface area contributed by atoms with E-state index in [9.17, 15) is 4.79 Å². The van der Waals surface area contributed by atoms with Crippen LogP contribution in [0.1, 0.15) is 49.7 Å². The van der Waals surface area contributed by atoms with Crippen molar-refractivity contribution in [2.75, 3.05) is 7.11 Å².